The fraction of sp³-hybridized carbons (Fsp3) is 0.667. The second-order valence-electron chi connectivity index (χ2n) is 3.44. The molecule has 0 aliphatic carbocycles. The first-order valence-electron chi connectivity index (χ1n) is 4.95. The number of methoxy groups -OCH3 is 1. The van der Waals surface area contributed by atoms with Gasteiger partial charge in [-0.05, 0) is 13.3 Å². The molecular formula is C9H14N2O6S. The van der Waals surface area contributed by atoms with E-state index in [1.54, 1.807) is 0 Å². The zero-order valence-corrected chi connectivity index (χ0v) is 10.7. The van der Waals surface area contributed by atoms with Gasteiger partial charge in [-0.3, -0.25) is 9.59 Å². The molecule has 0 bridgehead atoms. The average molecular weight is 278 g/mol. The number of ether oxygens (including phenoxy) is 1. The average Bonchev–Trinajstić information content (AvgIpc) is 2.32. The standard InChI is InChI=1S/C9H14N2O6S/c1-6(5-10)18(15,16)11-7(9(13)14)3-4-8(12)17-2/h6-7,11H,3-4H2,1-2H3,(H,13,14). The first-order chi connectivity index (χ1) is 8.24. The van der Waals surface area contributed by atoms with Crippen LogP contribution in [-0.2, 0) is 24.3 Å². The number of nitrogens with zero attached hydrogens (tertiary/aromatic N) is 1. The molecule has 18 heavy (non-hydrogen) atoms. The molecule has 0 rings (SSSR count). The van der Waals surface area contributed by atoms with Crippen molar-refractivity contribution in [3.63, 3.8) is 0 Å². The topological polar surface area (TPSA) is 134 Å². The van der Waals surface area contributed by atoms with Crippen LogP contribution < -0.4 is 4.72 Å². The number of nitrogens with one attached hydrogen (secondary N) is 1. The van der Waals surface area contributed by atoms with Crippen LogP contribution >= 0.6 is 0 Å². The number of carbonyl (C=O) groups excluding carboxylic acids is 1. The molecule has 102 valence electrons. The fourth-order valence-corrected chi connectivity index (χ4v) is 1.92. The van der Waals surface area contributed by atoms with E-state index in [0.29, 0.717) is 0 Å². The largest absolute Gasteiger partial charge is 0.480 e. The molecule has 2 N–H and O–H groups in total. The highest BCUT2D eigenvalue weighted by atomic mass is 32.2. The minimum Gasteiger partial charge on any atom is -0.480 e. The predicted octanol–water partition coefficient (Wildman–Crippen LogP) is -0.776. The third kappa shape index (κ3) is 5.11. The van der Waals surface area contributed by atoms with Gasteiger partial charge in [0.1, 0.15) is 6.04 Å². The highest BCUT2D eigenvalue weighted by Crippen LogP contribution is 2.04. The van der Waals surface area contributed by atoms with Gasteiger partial charge in [0.25, 0.3) is 0 Å². The Bertz CT molecular complexity index is 452. The summed E-state index contributed by atoms with van der Waals surface area (Å²) in [4.78, 5) is 21.7. The normalized spacial score (nSPS) is 14.3. The molecule has 0 aliphatic heterocycles. The third-order valence-corrected chi connectivity index (χ3v) is 3.77. The number of carbonyl (C=O) groups is 2. The van der Waals surface area contributed by atoms with Crippen molar-refractivity contribution in [1.82, 2.24) is 4.72 Å². The van der Waals surface area contributed by atoms with Crippen molar-refractivity contribution in [2.24, 2.45) is 0 Å². The first-order valence-corrected chi connectivity index (χ1v) is 6.49. The molecule has 2 unspecified atom stereocenters. The van der Waals surface area contributed by atoms with Crippen molar-refractivity contribution in [3.8, 4) is 6.07 Å². The molecule has 0 aromatic heterocycles. The molecule has 0 saturated heterocycles. The second-order valence-corrected chi connectivity index (χ2v) is 5.47. The molecule has 0 fully saturated rings. The Labute approximate surface area is 105 Å². The summed E-state index contributed by atoms with van der Waals surface area (Å²) in [5, 5.41) is 15.9. The number of sulfonamides is 1. The van der Waals surface area contributed by atoms with Crippen molar-refractivity contribution >= 4 is 22.0 Å². The van der Waals surface area contributed by atoms with E-state index in [0.717, 1.165) is 14.0 Å². The molecular weight excluding hydrogens is 264 g/mol. The molecule has 0 spiro atoms. The van der Waals surface area contributed by atoms with Crippen LogP contribution in [0.5, 0.6) is 0 Å². The predicted molar refractivity (Wildman–Crippen MR) is 59.8 cm³/mol. The van der Waals surface area contributed by atoms with Gasteiger partial charge in [-0.2, -0.15) is 9.98 Å². The molecule has 0 saturated carbocycles. The van der Waals surface area contributed by atoms with Gasteiger partial charge in [-0.15, -0.1) is 0 Å². The molecule has 2 atom stereocenters. The summed E-state index contributed by atoms with van der Waals surface area (Å²) in [6.45, 7) is 1.13. The Kier molecular flexibility index (Phi) is 6.29. The molecule has 9 heteroatoms. The third-order valence-electron chi connectivity index (χ3n) is 2.12. The summed E-state index contributed by atoms with van der Waals surface area (Å²) < 4.78 is 29.1. The number of esters is 1. The number of hydrogen-bond acceptors (Lipinski definition) is 6. The van der Waals surface area contributed by atoms with Crippen molar-refractivity contribution in [3.05, 3.63) is 0 Å². The zero-order valence-electron chi connectivity index (χ0n) is 9.91. The summed E-state index contributed by atoms with van der Waals surface area (Å²) in [7, 11) is -2.91. The number of hydrogen-bond donors (Lipinski definition) is 2. The van der Waals surface area contributed by atoms with Crippen LogP contribution in [0.15, 0.2) is 0 Å². The van der Waals surface area contributed by atoms with Gasteiger partial charge in [-0.1, -0.05) is 0 Å². The lowest BCUT2D eigenvalue weighted by Crippen LogP contribution is -2.44. The van der Waals surface area contributed by atoms with E-state index in [1.807, 2.05) is 4.72 Å². The minimum absolute atomic E-state index is 0.239. The van der Waals surface area contributed by atoms with Gasteiger partial charge in [0, 0.05) is 6.42 Å². The second kappa shape index (κ2) is 6.93. The number of rotatable bonds is 7. The number of carboxylic acids is 1. The van der Waals surface area contributed by atoms with Gasteiger partial charge >= 0.3 is 11.9 Å². The van der Waals surface area contributed by atoms with E-state index >= 15 is 0 Å². The smallest absolute Gasteiger partial charge is 0.321 e. The molecule has 0 aromatic rings. The van der Waals surface area contributed by atoms with Crippen molar-refractivity contribution < 1.29 is 27.9 Å². The highest BCUT2D eigenvalue weighted by Gasteiger charge is 2.28. The van der Waals surface area contributed by atoms with Crippen molar-refractivity contribution in [2.75, 3.05) is 7.11 Å². The van der Waals surface area contributed by atoms with E-state index in [9.17, 15) is 18.0 Å². The Hall–Kier alpha value is -1.66. The summed E-state index contributed by atoms with van der Waals surface area (Å²) in [6, 6.07) is 0.0228. The summed E-state index contributed by atoms with van der Waals surface area (Å²) in [6.07, 6.45) is -0.490. The summed E-state index contributed by atoms with van der Waals surface area (Å²) >= 11 is 0. The van der Waals surface area contributed by atoms with Crippen LogP contribution in [-0.4, -0.2) is 43.9 Å². The van der Waals surface area contributed by atoms with Gasteiger partial charge in [-0.25, -0.2) is 8.42 Å². The van der Waals surface area contributed by atoms with Crippen LogP contribution in [0.3, 0.4) is 0 Å². The zero-order chi connectivity index (χ0) is 14.3. The minimum atomic E-state index is -4.05. The first kappa shape index (κ1) is 16.3. The quantitative estimate of drug-likeness (QED) is 0.583. The Morgan fingerprint density at radius 1 is 1.50 bits per heavy atom. The molecule has 8 nitrogen and oxygen atoms in total. The number of nitriles is 1. The highest BCUT2D eigenvalue weighted by molar-refractivity contribution is 7.90. The summed E-state index contributed by atoms with van der Waals surface area (Å²) in [5.74, 6) is -2.07. The molecule has 0 aliphatic rings. The van der Waals surface area contributed by atoms with Crippen molar-refractivity contribution in [1.29, 1.82) is 5.26 Å². The van der Waals surface area contributed by atoms with Gasteiger partial charge in [0.2, 0.25) is 10.0 Å². The maximum absolute atomic E-state index is 11.5. The van der Waals surface area contributed by atoms with E-state index < -0.39 is 33.3 Å². The van der Waals surface area contributed by atoms with Crippen molar-refractivity contribution in [2.45, 2.75) is 31.1 Å². The van der Waals surface area contributed by atoms with E-state index in [4.69, 9.17) is 10.4 Å². The van der Waals surface area contributed by atoms with E-state index in [2.05, 4.69) is 4.74 Å². The van der Waals surface area contributed by atoms with Crippen LogP contribution in [0.1, 0.15) is 19.8 Å². The molecule has 0 amide bonds. The van der Waals surface area contributed by atoms with Gasteiger partial charge in [0.05, 0.1) is 13.2 Å². The van der Waals surface area contributed by atoms with Gasteiger partial charge in [0.15, 0.2) is 5.25 Å². The van der Waals surface area contributed by atoms with Crippen LogP contribution in [0.4, 0.5) is 0 Å². The van der Waals surface area contributed by atoms with Crippen LogP contribution in [0, 0.1) is 11.3 Å². The molecule has 0 aromatic carbocycles. The monoisotopic (exact) mass is 278 g/mol. The lowest BCUT2D eigenvalue weighted by atomic mass is 10.2. The SMILES string of the molecule is COC(=O)CCC(NS(=O)(=O)C(C)C#N)C(=O)O. The molecule has 0 heterocycles. The molecule has 0 radical (unpaired) electrons. The summed E-state index contributed by atoms with van der Waals surface area (Å²) in [5.41, 5.74) is 0. The number of carboxylic acid groups (broad SMARTS) is 1. The fourth-order valence-electron chi connectivity index (χ4n) is 0.967. The Balaban J connectivity index is 4.71. The maximum Gasteiger partial charge on any atom is 0.321 e. The Morgan fingerprint density at radius 2 is 2.06 bits per heavy atom. The lowest BCUT2D eigenvalue weighted by molar-refractivity contribution is -0.142. The van der Waals surface area contributed by atoms with Crippen LogP contribution in [0.2, 0.25) is 0 Å². The maximum atomic E-state index is 11.5. The Morgan fingerprint density at radius 3 is 2.44 bits per heavy atom. The van der Waals surface area contributed by atoms with Gasteiger partial charge < -0.3 is 9.84 Å². The van der Waals surface area contributed by atoms with E-state index in [-0.39, 0.29) is 12.8 Å². The van der Waals surface area contributed by atoms with Crippen LogP contribution in [0.25, 0.3) is 0 Å². The number of aliphatic carboxylic acids is 1. The lowest BCUT2D eigenvalue weighted by Gasteiger charge is -2.15. The van der Waals surface area contributed by atoms with E-state index in [1.165, 1.54) is 6.07 Å².